The van der Waals surface area contributed by atoms with E-state index in [2.05, 4.69) is 49.5 Å². The maximum absolute atomic E-state index is 13.6. The van der Waals surface area contributed by atoms with E-state index in [-0.39, 0.29) is 11.9 Å². The molecule has 31 heavy (non-hydrogen) atoms. The van der Waals surface area contributed by atoms with E-state index in [4.69, 9.17) is 0 Å². The molecule has 0 unspecified atom stereocenters. The Morgan fingerprint density at radius 1 is 0.742 bits per heavy atom. The average molecular weight is 405 g/mol. The van der Waals surface area contributed by atoms with E-state index in [1.807, 2.05) is 71.6 Å². The maximum Gasteiger partial charge on any atom is 0.275 e. The fourth-order valence-corrected chi connectivity index (χ4v) is 4.17. The summed E-state index contributed by atoms with van der Waals surface area (Å²) in [7, 11) is 0. The van der Waals surface area contributed by atoms with E-state index in [0.717, 1.165) is 22.3 Å². The predicted octanol–water partition coefficient (Wildman–Crippen LogP) is 6.54. The number of carbonyl (C=O) groups is 1. The molecule has 0 fully saturated rings. The molecule has 3 heteroatoms. The first-order chi connectivity index (χ1) is 15.1. The SMILES string of the molecule is Cc1ccc(NC2=C[C@H](c3cccc4ccccc34)N(c3ccc(C)cc3)C2=O)cc1. The van der Waals surface area contributed by atoms with Crippen LogP contribution in [0.5, 0.6) is 0 Å². The van der Waals surface area contributed by atoms with Crippen molar-refractivity contribution in [2.75, 3.05) is 10.2 Å². The minimum atomic E-state index is -0.186. The lowest BCUT2D eigenvalue weighted by atomic mass is 9.98. The van der Waals surface area contributed by atoms with Crippen LogP contribution in [-0.4, -0.2) is 5.91 Å². The molecule has 0 radical (unpaired) electrons. The third-order valence-corrected chi connectivity index (χ3v) is 5.84. The summed E-state index contributed by atoms with van der Waals surface area (Å²) in [4.78, 5) is 15.5. The largest absolute Gasteiger partial charge is 0.351 e. The van der Waals surface area contributed by atoms with Crippen LogP contribution in [0.2, 0.25) is 0 Å². The summed E-state index contributed by atoms with van der Waals surface area (Å²) in [5, 5.41) is 5.68. The van der Waals surface area contributed by atoms with Crippen LogP contribution in [0.25, 0.3) is 10.8 Å². The minimum Gasteiger partial charge on any atom is -0.351 e. The first kappa shape index (κ1) is 19.1. The van der Waals surface area contributed by atoms with Gasteiger partial charge >= 0.3 is 0 Å². The highest BCUT2D eigenvalue weighted by Gasteiger charge is 2.35. The molecule has 1 atom stereocenters. The lowest BCUT2D eigenvalue weighted by Crippen LogP contribution is -2.30. The van der Waals surface area contributed by atoms with Gasteiger partial charge in [-0.15, -0.1) is 0 Å². The molecule has 1 N–H and O–H groups in total. The van der Waals surface area contributed by atoms with E-state index < -0.39 is 0 Å². The Balaban J connectivity index is 1.61. The molecule has 4 aromatic carbocycles. The van der Waals surface area contributed by atoms with Crippen molar-refractivity contribution in [2.24, 2.45) is 0 Å². The van der Waals surface area contributed by atoms with E-state index >= 15 is 0 Å². The summed E-state index contributed by atoms with van der Waals surface area (Å²) in [6.07, 6.45) is 2.05. The Morgan fingerprint density at radius 2 is 1.39 bits per heavy atom. The maximum atomic E-state index is 13.6. The quantitative estimate of drug-likeness (QED) is 0.419. The van der Waals surface area contributed by atoms with Crippen molar-refractivity contribution in [3.8, 4) is 0 Å². The molecule has 5 rings (SSSR count). The highest BCUT2D eigenvalue weighted by atomic mass is 16.2. The number of carbonyl (C=O) groups excluding carboxylic acids is 1. The number of anilines is 2. The van der Waals surface area contributed by atoms with E-state index in [0.29, 0.717) is 5.70 Å². The second kappa shape index (κ2) is 7.77. The number of rotatable bonds is 4. The Kier molecular flexibility index (Phi) is 4.79. The minimum absolute atomic E-state index is 0.0256. The number of hydrogen-bond donors (Lipinski definition) is 1. The van der Waals surface area contributed by atoms with Gasteiger partial charge in [0, 0.05) is 11.4 Å². The van der Waals surface area contributed by atoms with E-state index in [1.165, 1.54) is 16.5 Å². The van der Waals surface area contributed by atoms with Gasteiger partial charge in [0.05, 0.1) is 6.04 Å². The summed E-state index contributed by atoms with van der Waals surface area (Å²) < 4.78 is 0. The topological polar surface area (TPSA) is 32.3 Å². The zero-order valence-electron chi connectivity index (χ0n) is 17.7. The van der Waals surface area contributed by atoms with E-state index in [9.17, 15) is 4.79 Å². The zero-order valence-corrected chi connectivity index (χ0v) is 17.7. The van der Waals surface area contributed by atoms with Crippen molar-refractivity contribution in [1.29, 1.82) is 0 Å². The molecule has 1 amide bonds. The molecule has 4 aromatic rings. The van der Waals surface area contributed by atoms with Gasteiger partial charge in [0.1, 0.15) is 5.70 Å². The fraction of sp³-hybridized carbons (Fsp3) is 0.107. The molecule has 152 valence electrons. The molecular weight excluding hydrogens is 380 g/mol. The van der Waals surface area contributed by atoms with Gasteiger partial charge < -0.3 is 5.32 Å². The normalized spacial score (nSPS) is 15.9. The molecule has 0 saturated heterocycles. The number of fused-ring (bicyclic) bond motifs is 1. The van der Waals surface area contributed by atoms with Crippen LogP contribution in [0.15, 0.2) is 103 Å². The highest BCUT2D eigenvalue weighted by Crippen LogP contribution is 2.38. The highest BCUT2D eigenvalue weighted by molar-refractivity contribution is 6.11. The van der Waals surface area contributed by atoms with Crippen molar-refractivity contribution < 1.29 is 4.79 Å². The molecule has 0 aliphatic carbocycles. The molecule has 1 aliphatic rings. The third kappa shape index (κ3) is 3.59. The molecule has 0 spiro atoms. The Morgan fingerprint density at radius 3 is 2.13 bits per heavy atom. The molecule has 1 heterocycles. The van der Waals surface area contributed by atoms with Crippen molar-refractivity contribution >= 4 is 28.1 Å². The van der Waals surface area contributed by atoms with Crippen LogP contribution >= 0.6 is 0 Å². The van der Waals surface area contributed by atoms with Crippen LogP contribution in [0.1, 0.15) is 22.7 Å². The smallest absolute Gasteiger partial charge is 0.275 e. The van der Waals surface area contributed by atoms with Crippen molar-refractivity contribution in [1.82, 2.24) is 0 Å². The number of nitrogens with zero attached hydrogens (tertiary/aromatic N) is 1. The molecule has 1 aliphatic heterocycles. The van der Waals surface area contributed by atoms with E-state index in [1.54, 1.807) is 0 Å². The van der Waals surface area contributed by atoms with Gasteiger partial charge in [0.2, 0.25) is 0 Å². The van der Waals surface area contributed by atoms with Gasteiger partial charge in [0.25, 0.3) is 5.91 Å². The number of amides is 1. The lowest BCUT2D eigenvalue weighted by Gasteiger charge is -2.26. The predicted molar refractivity (Wildman–Crippen MR) is 128 cm³/mol. The van der Waals surface area contributed by atoms with Gasteiger partial charge in [-0.1, -0.05) is 77.9 Å². The Bertz CT molecular complexity index is 1280. The van der Waals surface area contributed by atoms with Crippen LogP contribution in [0, 0.1) is 13.8 Å². The van der Waals surface area contributed by atoms with Gasteiger partial charge in [-0.25, -0.2) is 0 Å². The fourth-order valence-electron chi connectivity index (χ4n) is 4.17. The average Bonchev–Trinajstić information content (AvgIpc) is 3.11. The monoisotopic (exact) mass is 404 g/mol. The van der Waals surface area contributed by atoms with Gasteiger partial charge in [-0.2, -0.15) is 0 Å². The summed E-state index contributed by atoms with van der Waals surface area (Å²) in [5.74, 6) is -0.0256. The summed E-state index contributed by atoms with van der Waals surface area (Å²) in [5.41, 5.74) is 5.88. The molecule has 0 bridgehead atoms. The molecule has 0 saturated carbocycles. The molecule has 3 nitrogen and oxygen atoms in total. The second-order valence-corrected chi connectivity index (χ2v) is 8.10. The first-order valence-corrected chi connectivity index (χ1v) is 10.5. The van der Waals surface area contributed by atoms with Crippen molar-refractivity contribution in [3.05, 3.63) is 119 Å². The number of nitrogens with one attached hydrogen (secondary N) is 1. The Labute approximate surface area is 182 Å². The zero-order chi connectivity index (χ0) is 21.4. The molecular formula is C28H24N2O. The first-order valence-electron chi connectivity index (χ1n) is 10.5. The van der Waals surface area contributed by atoms with Gasteiger partial charge in [-0.3, -0.25) is 9.69 Å². The summed E-state index contributed by atoms with van der Waals surface area (Å²) in [6.45, 7) is 4.11. The molecule has 0 aromatic heterocycles. The van der Waals surface area contributed by atoms with Crippen LogP contribution in [0.4, 0.5) is 11.4 Å². The summed E-state index contributed by atoms with van der Waals surface area (Å²) in [6, 6.07) is 30.7. The Hall–Kier alpha value is -3.85. The number of benzene rings is 4. The second-order valence-electron chi connectivity index (χ2n) is 8.10. The van der Waals surface area contributed by atoms with Crippen molar-refractivity contribution in [3.63, 3.8) is 0 Å². The van der Waals surface area contributed by atoms with Crippen LogP contribution in [0.3, 0.4) is 0 Å². The number of hydrogen-bond acceptors (Lipinski definition) is 2. The van der Waals surface area contributed by atoms with Crippen LogP contribution < -0.4 is 10.2 Å². The standard InChI is InChI=1S/C28H24N2O/c1-19-10-14-22(15-11-19)29-26-18-27(25-9-5-7-21-6-3-4-8-24(21)25)30(28(26)31)23-16-12-20(2)13-17-23/h3-18,27,29H,1-2H3/t27-/m1/s1. The van der Waals surface area contributed by atoms with Gasteiger partial charge in [0.15, 0.2) is 0 Å². The summed E-state index contributed by atoms with van der Waals surface area (Å²) >= 11 is 0. The third-order valence-electron chi connectivity index (χ3n) is 5.84. The van der Waals surface area contributed by atoms with Gasteiger partial charge in [-0.05, 0) is 60.5 Å². The van der Waals surface area contributed by atoms with Crippen molar-refractivity contribution in [2.45, 2.75) is 19.9 Å². The van der Waals surface area contributed by atoms with Crippen LogP contribution in [-0.2, 0) is 4.79 Å². The number of aryl methyl sites for hydroxylation is 2. The lowest BCUT2D eigenvalue weighted by molar-refractivity contribution is -0.114.